The van der Waals surface area contributed by atoms with Gasteiger partial charge in [-0.3, -0.25) is 0 Å². The van der Waals surface area contributed by atoms with Crippen molar-refractivity contribution in [3.63, 3.8) is 0 Å². The molecule has 4 fully saturated rings. The first-order chi connectivity index (χ1) is 8.74. The fourth-order valence-electron chi connectivity index (χ4n) is 1.89. The molecule has 2 bridgehead atoms. The molecule has 7 heteroatoms. The van der Waals surface area contributed by atoms with Crippen molar-refractivity contribution in [2.75, 3.05) is 39.4 Å². The van der Waals surface area contributed by atoms with Crippen LogP contribution in [0.3, 0.4) is 0 Å². The molecule has 4 aliphatic heterocycles. The third-order valence-electron chi connectivity index (χ3n) is 3.05. The average molecular weight is 261 g/mol. The van der Waals surface area contributed by atoms with Crippen LogP contribution < -0.4 is 16.0 Å². The monoisotopic (exact) mass is 261 g/mol. The summed E-state index contributed by atoms with van der Waals surface area (Å²) in [6, 6.07) is 0.699. The number of carbonyl (C=O) groups is 1. The second-order valence-electron chi connectivity index (χ2n) is 4.61. The SMILES string of the molecule is C1O[C@@H]2CN[C@H]1C2.FC1CNC1.O=C1NCCO1. The molecule has 18 heavy (non-hydrogen) atoms. The minimum atomic E-state index is -0.546. The molecule has 1 amide bonds. The van der Waals surface area contributed by atoms with Crippen molar-refractivity contribution < 1.29 is 18.7 Å². The lowest BCUT2D eigenvalue weighted by Crippen LogP contribution is -2.43. The molecule has 4 heterocycles. The standard InChI is InChI=1S/C5H9NO.C3H6FN.C3H5NO2/c1-4-3-7-5(1)2-6-4;4-3-1-5-2-3;5-3-4-1-2-6-3/h4-6H,1-3H2;3,5H,1-2H2;1-2H2,(H,4,5)/t4-,5-;;/m0../s1. The zero-order chi connectivity index (χ0) is 12.8. The molecule has 0 saturated carbocycles. The fraction of sp³-hybridized carbons (Fsp3) is 0.909. The topological polar surface area (TPSA) is 71.6 Å². The van der Waals surface area contributed by atoms with Crippen molar-refractivity contribution in [3.05, 3.63) is 0 Å². The predicted octanol–water partition coefficient (Wildman–Crippen LogP) is -0.599. The van der Waals surface area contributed by atoms with Crippen LogP contribution in [0.5, 0.6) is 0 Å². The Morgan fingerprint density at radius 3 is 2.17 bits per heavy atom. The summed E-state index contributed by atoms with van der Waals surface area (Å²) in [5.74, 6) is 0. The molecule has 0 unspecified atom stereocenters. The summed E-state index contributed by atoms with van der Waals surface area (Å²) < 4.78 is 21.1. The first-order valence-corrected chi connectivity index (χ1v) is 6.34. The number of carbonyl (C=O) groups excluding carboxylic acids is 1. The Morgan fingerprint density at radius 2 is 2.06 bits per heavy atom. The molecule has 3 N–H and O–H groups in total. The van der Waals surface area contributed by atoms with Gasteiger partial charge in [-0.1, -0.05) is 0 Å². The van der Waals surface area contributed by atoms with Crippen molar-refractivity contribution in [1.82, 2.24) is 16.0 Å². The van der Waals surface area contributed by atoms with E-state index < -0.39 is 6.17 Å². The summed E-state index contributed by atoms with van der Waals surface area (Å²) >= 11 is 0. The Hall–Kier alpha value is -0.920. The van der Waals surface area contributed by atoms with Crippen molar-refractivity contribution in [3.8, 4) is 0 Å². The first-order valence-electron chi connectivity index (χ1n) is 6.34. The Bertz CT molecular complexity index is 250. The minimum absolute atomic E-state index is 0.296. The van der Waals surface area contributed by atoms with Gasteiger partial charge in [-0.2, -0.15) is 0 Å². The van der Waals surface area contributed by atoms with Gasteiger partial charge in [0.25, 0.3) is 0 Å². The highest BCUT2D eigenvalue weighted by molar-refractivity contribution is 5.68. The molecule has 0 spiro atoms. The Balaban J connectivity index is 0.000000102. The summed E-state index contributed by atoms with van der Waals surface area (Å²) in [4.78, 5) is 9.91. The van der Waals surface area contributed by atoms with Crippen molar-refractivity contribution in [1.29, 1.82) is 0 Å². The van der Waals surface area contributed by atoms with Gasteiger partial charge in [-0.25, -0.2) is 9.18 Å². The summed E-state index contributed by atoms with van der Waals surface area (Å²) in [7, 11) is 0. The van der Waals surface area contributed by atoms with E-state index in [4.69, 9.17) is 4.74 Å². The van der Waals surface area contributed by atoms with E-state index in [1.165, 1.54) is 6.42 Å². The number of rotatable bonds is 0. The molecule has 4 rings (SSSR count). The molecule has 4 saturated heterocycles. The third-order valence-corrected chi connectivity index (χ3v) is 3.05. The molecule has 6 nitrogen and oxygen atoms in total. The van der Waals surface area contributed by atoms with Gasteiger partial charge in [-0.15, -0.1) is 0 Å². The molecule has 0 aromatic rings. The third kappa shape index (κ3) is 4.40. The number of morpholine rings is 1. The van der Waals surface area contributed by atoms with Crippen molar-refractivity contribution in [2.24, 2.45) is 0 Å². The maximum absolute atomic E-state index is 11.5. The van der Waals surface area contributed by atoms with Gasteiger partial charge < -0.3 is 25.4 Å². The largest absolute Gasteiger partial charge is 0.448 e. The highest BCUT2D eigenvalue weighted by Gasteiger charge is 2.31. The first kappa shape index (κ1) is 13.5. The average Bonchev–Trinajstić information content (AvgIpc) is 3.05. The van der Waals surface area contributed by atoms with E-state index >= 15 is 0 Å². The van der Waals surface area contributed by atoms with Crippen molar-refractivity contribution >= 4 is 6.09 Å². The lowest BCUT2D eigenvalue weighted by molar-refractivity contribution is 0.0892. The van der Waals surface area contributed by atoms with Gasteiger partial charge >= 0.3 is 6.09 Å². The summed E-state index contributed by atoms with van der Waals surface area (Å²) in [6.45, 7) is 4.37. The van der Waals surface area contributed by atoms with Crippen LogP contribution in [0.1, 0.15) is 6.42 Å². The van der Waals surface area contributed by atoms with E-state index in [9.17, 15) is 9.18 Å². The van der Waals surface area contributed by atoms with Crippen LogP contribution in [0.25, 0.3) is 0 Å². The van der Waals surface area contributed by atoms with E-state index in [2.05, 4.69) is 20.7 Å². The van der Waals surface area contributed by atoms with Gasteiger partial charge in [0.1, 0.15) is 12.8 Å². The second-order valence-corrected chi connectivity index (χ2v) is 4.61. The van der Waals surface area contributed by atoms with Crippen LogP contribution in [0.4, 0.5) is 9.18 Å². The zero-order valence-electron chi connectivity index (χ0n) is 10.3. The van der Waals surface area contributed by atoms with Gasteiger partial charge in [0.2, 0.25) is 0 Å². The number of hydrogen-bond donors (Lipinski definition) is 3. The molecule has 0 aromatic carbocycles. The summed E-state index contributed by atoms with van der Waals surface area (Å²) in [6.07, 6.45) is 0.968. The number of cyclic esters (lactones) is 1. The van der Waals surface area contributed by atoms with E-state index in [0.717, 1.165) is 13.2 Å². The molecule has 4 aliphatic rings. The Labute approximate surface area is 106 Å². The fourth-order valence-corrected chi connectivity index (χ4v) is 1.89. The van der Waals surface area contributed by atoms with Crippen LogP contribution in [-0.4, -0.2) is 63.8 Å². The normalized spacial score (nSPS) is 32.4. The zero-order valence-corrected chi connectivity index (χ0v) is 10.3. The number of alkyl halides is 1. The maximum atomic E-state index is 11.5. The predicted molar refractivity (Wildman–Crippen MR) is 63.3 cm³/mol. The number of amides is 1. The van der Waals surface area contributed by atoms with Gasteiger partial charge in [0.15, 0.2) is 0 Å². The van der Waals surface area contributed by atoms with Crippen molar-refractivity contribution in [2.45, 2.75) is 24.7 Å². The van der Waals surface area contributed by atoms with Gasteiger partial charge in [0, 0.05) is 25.7 Å². The lowest BCUT2D eigenvalue weighted by Gasteiger charge is -2.17. The quantitative estimate of drug-likeness (QED) is 0.543. The van der Waals surface area contributed by atoms with Gasteiger partial charge in [-0.05, 0) is 6.42 Å². The van der Waals surface area contributed by atoms with E-state index in [1.807, 2.05) is 0 Å². The molecule has 0 radical (unpaired) electrons. The van der Waals surface area contributed by atoms with Gasteiger partial charge in [0.05, 0.1) is 19.3 Å². The molecular formula is C11H20FN3O3. The van der Waals surface area contributed by atoms with E-state index in [-0.39, 0.29) is 6.09 Å². The number of hydrogen-bond acceptors (Lipinski definition) is 5. The lowest BCUT2D eigenvalue weighted by atomic mass is 10.3. The summed E-state index contributed by atoms with van der Waals surface area (Å²) in [5.41, 5.74) is 0. The Kier molecular flexibility index (Phi) is 5.15. The van der Waals surface area contributed by atoms with E-state index in [1.54, 1.807) is 0 Å². The molecule has 104 valence electrons. The number of alkyl carbamates (subject to hydrolysis) is 1. The summed E-state index contributed by atoms with van der Waals surface area (Å²) in [5, 5.41) is 8.58. The highest BCUT2D eigenvalue weighted by atomic mass is 19.1. The second kappa shape index (κ2) is 6.86. The van der Waals surface area contributed by atoms with Crippen LogP contribution >= 0.6 is 0 Å². The number of ether oxygens (including phenoxy) is 2. The van der Waals surface area contributed by atoms with Crippen LogP contribution in [0, 0.1) is 0 Å². The number of fused-ring (bicyclic) bond motifs is 2. The highest BCUT2D eigenvalue weighted by Crippen LogP contribution is 2.17. The van der Waals surface area contributed by atoms with Crippen LogP contribution in [0.15, 0.2) is 0 Å². The number of nitrogens with one attached hydrogen (secondary N) is 3. The molecule has 0 aromatic heterocycles. The van der Waals surface area contributed by atoms with Crippen LogP contribution in [-0.2, 0) is 9.47 Å². The molecule has 2 atom stereocenters. The number of halogens is 1. The van der Waals surface area contributed by atoms with E-state index in [0.29, 0.717) is 38.4 Å². The molecule has 0 aliphatic carbocycles. The Morgan fingerprint density at radius 1 is 1.28 bits per heavy atom. The smallest absolute Gasteiger partial charge is 0.407 e. The minimum Gasteiger partial charge on any atom is -0.448 e. The molecular weight excluding hydrogens is 241 g/mol. The van der Waals surface area contributed by atoms with Crippen LogP contribution in [0.2, 0.25) is 0 Å². The maximum Gasteiger partial charge on any atom is 0.407 e.